The summed E-state index contributed by atoms with van der Waals surface area (Å²) in [7, 11) is 6.33. The molecule has 7 heteroatoms. The van der Waals surface area contributed by atoms with Crippen LogP contribution < -0.4 is 24.3 Å². The van der Waals surface area contributed by atoms with Crippen molar-refractivity contribution >= 4 is 11.6 Å². The topological polar surface area (TPSA) is 69.3 Å². The minimum atomic E-state index is -0.0550. The van der Waals surface area contributed by atoms with Crippen LogP contribution in [0.5, 0.6) is 23.0 Å². The fourth-order valence-corrected chi connectivity index (χ4v) is 3.94. The summed E-state index contributed by atoms with van der Waals surface area (Å²) in [6.45, 7) is 1.68. The Morgan fingerprint density at radius 1 is 1.03 bits per heavy atom. The van der Waals surface area contributed by atoms with E-state index in [0.29, 0.717) is 41.9 Å². The molecule has 2 aromatic carbocycles. The Morgan fingerprint density at radius 2 is 1.77 bits per heavy atom. The molecule has 1 aliphatic rings. The zero-order valence-corrected chi connectivity index (χ0v) is 18.1. The first-order chi connectivity index (χ1) is 14.6. The number of hydrogen-bond acceptors (Lipinski definition) is 6. The summed E-state index contributed by atoms with van der Waals surface area (Å²) >= 11 is 0. The van der Waals surface area contributed by atoms with Gasteiger partial charge < -0.3 is 24.3 Å². The van der Waals surface area contributed by atoms with Crippen molar-refractivity contribution in [3.63, 3.8) is 0 Å². The van der Waals surface area contributed by atoms with Crippen LogP contribution >= 0.6 is 0 Å². The third-order valence-corrected chi connectivity index (χ3v) is 5.42. The van der Waals surface area contributed by atoms with Crippen LogP contribution in [0.4, 0.5) is 5.69 Å². The van der Waals surface area contributed by atoms with Crippen molar-refractivity contribution in [2.24, 2.45) is 0 Å². The zero-order valence-electron chi connectivity index (χ0n) is 18.1. The summed E-state index contributed by atoms with van der Waals surface area (Å²) in [5.41, 5.74) is 1.84. The van der Waals surface area contributed by atoms with Crippen LogP contribution in [0.2, 0.25) is 0 Å². The molecular weight excluding hydrogens is 384 g/mol. The second kappa shape index (κ2) is 10.2. The lowest BCUT2D eigenvalue weighted by Crippen LogP contribution is -2.27. The zero-order chi connectivity index (χ0) is 21.5. The Labute approximate surface area is 177 Å². The van der Waals surface area contributed by atoms with Crippen LogP contribution in [0.25, 0.3) is 0 Å². The van der Waals surface area contributed by atoms with Crippen molar-refractivity contribution in [2.45, 2.75) is 25.3 Å². The van der Waals surface area contributed by atoms with Crippen LogP contribution in [0.1, 0.15) is 30.9 Å². The third-order valence-electron chi connectivity index (χ3n) is 5.42. The molecule has 3 rings (SSSR count). The molecule has 1 unspecified atom stereocenters. The monoisotopic (exact) mass is 414 g/mol. The fraction of sp³-hybridized carbons (Fsp3) is 0.435. The van der Waals surface area contributed by atoms with Gasteiger partial charge in [-0.2, -0.15) is 0 Å². The van der Waals surface area contributed by atoms with Crippen LogP contribution in [-0.4, -0.2) is 52.3 Å². The lowest BCUT2D eigenvalue weighted by atomic mass is 10.0. The molecule has 1 heterocycles. The number of rotatable bonds is 9. The number of likely N-dealkylation sites (tertiary alicyclic amines) is 1. The van der Waals surface area contributed by atoms with Gasteiger partial charge >= 0.3 is 0 Å². The molecule has 0 spiro atoms. The average molecular weight is 415 g/mol. The molecule has 1 saturated heterocycles. The number of carbonyl (C=O) groups excluding carboxylic acids is 1. The van der Waals surface area contributed by atoms with Gasteiger partial charge in [-0.05, 0) is 37.1 Å². The number of anilines is 1. The maximum Gasteiger partial charge on any atom is 0.225 e. The van der Waals surface area contributed by atoms with E-state index in [2.05, 4.69) is 22.3 Å². The van der Waals surface area contributed by atoms with E-state index < -0.39 is 0 Å². The fourth-order valence-electron chi connectivity index (χ4n) is 3.94. The van der Waals surface area contributed by atoms with E-state index in [0.717, 1.165) is 25.1 Å². The van der Waals surface area contributed by atoms with Crippen molar-refractivity contribution in [1.29, 1.82) is 0 Å². The average Bonchev–Trinajstić information content (AvgIpc) is 3.25. The molecule has 0 aliphatic carbocycles. The first-order valence-corrected chi connectivity index (χ1v) is 10.1. The highest BCUT2D eigenvalue weighted by Crippen LogP contribution is 2.40. The number of benzene rings is 2. The van der Waals surface area contributed by atoms with Crippen molar-refractivity contribution in [2.75, 3.05) is 46.8 Å². The summed E-state index contributed by atoms with van der Waals surface area (Å²) in [6, 6.07) is 12.0. The third kappa shape index (κ3) is 4.97. The molecule has 1 N–H and O–H groups in total. The molecule has 1 fully saturated rings. The summed E-state index contributed by atoms with van der Waals surface area (Å²) in [6.07, 6.45) is 2.61. The second-order valence-corrected chi connectivity index (χ2v) is 7.18. The van der Waals surface area contributed by atoms with Gasteiger partial charge in [0.25, 0.3) is 0 Å². The molecule has 0 saturated carbocycles. The van der Waals surface area contributed by atoms with E-state index in [1.54, 1.807) is 40.6 Å². The molecule has 1 atom stereocenters. The molecule has 7 nitrogen and oxygen atoms in total. The molecule has 2 aromatic rings. The number of ether oxygens (including phenoxy) is 4. The largest absolute Gasteiger partial charge is 0.497 e. The highest BCUT2D eigenvalue weighted by atomic mass is 16.5. The SMILES string of the molecule is COc1cccc(C2CCCN2CCC(=O)Nc2cc(OC)c(OC)c(OC)c2)c1. The van der Waals surface area contributed by atoms with E-state index >= 15 is 0 Å². The lowest BCUT2D eigenvalue weighted by molar-refractivity contribution is -0.116. The molecule has 1 amide bonds. The van der Waals surface area contributed by atoms with Crippen LogP contribution in [0, 0.1) is 0 Å². The molecule has 30 heavy (non-hydrogen) atoms. The van der Waals surface area contributed by atoms with Crippen molar-refractivity contribution in [3.05, 3.63) is 42.0 Å². The number of amides is 1. The number of carbonyl (C=O) groups is 1. The lowest BCUT2D eigenvalue weighted by Gasteiger charge is -2.25. The smallest absolute Gasteiger partial charge is 0.225 e. The number of nitrogens with zero attached hydrogens (tertiary/aromatic N) is 1. The van der Waals surface area contributed by atoms with Gasteiger partial charge in [0.1, 0.15) is 5.75 Å². The molecule has 0 aromatic heterocycles. The van der Waals surface area contributed by atoms with Crippen molar-refractivity contribution in [3.8, 4) is 23.0 Å². The number of methoxy groups -OCH3 is 4. The number of nitrogens with one attached hydrogen (secondary N) is 1. The first-order valence-electron chi connectivity index (χ1n) is 10.1. The van der Waals surface area contributed by atoms with Crippen molar-refractivity contribution in [1.82, 2.24) is 4.90 Å². The van der Waals surface area contributed by atoms with Gasteiger partial charge in [0.2, 0.25) is 11.7 Å². The Balaban J connectivity index is 1.62. The Bertz CT molecular complexity index is 845. The molecular formula is C23H30N2O5. The Kier molecular flexibility index (Phi) is 7.41. The summed E-state index contributed by atoms with van der Waals surface area (Å²) in [5, 5.41) is 2.94. The van der Waals surface area contributed by atoms with E-state index in [4.69, 9.17) is 18.9 Å². The van der Waals surface area contributed by atoms with Crippen molar-refractivity contribution < 1.29 is 23.7 Å². The van der Waals surface area contributed by atoms with Gasteiger partial charge in [0.15, 0.2) is 11.5 Å². The van der Waals surface area contributed by atoms with Gasteiger partial charge in [-0.25, -0.2) is 0 Å². The molecule has 0 radical (unpaired) electrons. The summed E-state index contributed by atoms with van der Waals surface area (Å²) < 4.78 is 21.4. The van der Waals surface area contributed by atoms with Crippen LogP contribution in [-0.2, 0) is 4.79 Å². The first kappa shape index (κ1) is 21.8. The van der Waals surface area contributed by atoms with E-state index in [-0.39, 0.29) is 5.91 Å². The van der Waals surface area contributed by atoms with Gasteiger partial charge in [0.05, 0.1) is 28.4 Å². The molecule has 1 aliphatic heterocycles. The van der Waals surface area contributed by atoms with Gasteiger partial charge in [-0.3, -0.25) is 9.69 Å². The Hall–Kier alpha value is -2.93. The number of hydrogen-bond donors (Lipinski definition) is 1. The van der Waals surface area contributed by atoms with Crippen LogP contribution in [0.15, 0.2) is 36.4 Å². The maximum absolute atomic E-state index is 12.6. The predicted molar refractivity (Wildman–Crippen MR) is 116 cm³/mol. The van der Waals surface area contributed by atoms with Gasteiger partial charge in [-0.1, -0.05) is 12.1 Å². The van der Waals surface area contributed by atoms with Gasteiger partial charge in [-0.15, -0.1) is 0 Å². The van der Waals surface area contributed by atoms with E-state index in [1.807, 2.05) is 12.1 Å². The maximum atomic E-state index is 12.6. The molecule has 0 bridgehead atoms. The minimum Gasteiger partial charge on any atom is -0.497 e. The van der Waals surface area contributed by atoms with E-state index in [9.17, 15) is 4.79 Å². The van der Waals surface area contributed by atoms with Crippen LogP contribution in [0.3, 0.4) is 0 Å². The molecule has 162 valence electrons. The minimum absolute atomic E-state index is 0.0550. The summed E-state index contributed by atoms with van der Waals surface area (Å²) in [5.74, 6) is 2.31. The quantitative estimate of drug-likeness (QED) is 0.671. The highest BCUT2D eigenvalue weighted by molar-refractivity contribution is 5.91. The summed E-state index contributed by atoms with van der Waals surface area (Å²) in [4.78, 5) is 15.0. The highest BCUT2D eigenvalue weighted by Gasteiger charge is 2.26. The normalized spacial score (nSPS) is 16.2. The van der Waals surface area contributed by atoms with E-state index in [1.165, 1.54) is 5.56 Å². The Morgan fingerprint density at radius 3 is 2.40 bits per heavy atom. The van der Waals surface area contributed by atoms with Gasteiger partial charge in [0, 0.05) is 36.8 Å². The predicted octanol–water partition coefficient (Wildman–Crippen LogP) is 3.89. The second-order valence-electron chi connectivity index (χ2n) is 7.18. The standard InChI is InChI=1S/C23H30N2O5/c1-27-18-8-5-7-16(13-18)19-9-6-11-25(19)12-10-22(26)24-17-14-20(28-2)23(30-4)21(15-17)29-3/h5,7-8,13-15,19H,6,9-12H2,1-4H3,(H,24,26).